The van der Waals surface area contributed by atoms with Crippen LogP contribution in [0.3, 0.4) is 0 Å². The highest BCUT2D eigenvalue weighted by Crippen LogP contribution is 2.37. The third-order valence-electron chi connectivity index (χ3n) is 4.91. The van der Waals surface area contributed by atoms with Crippen molar-refractivity contribution in [3.05, 3.63) is 78.0 Å². The van der Waals surface area contributed by atoms with Gasteiger partial charge in [-0.15, -0.1) is 0 Å². The second kappa shape index (κ2) is 8.73. The molecule has 0 aliphatic carbocycles. The first-order chi connectivity index (χ1) is 16.4. The minimum absolute atomic E-state index is 0.124. The molecule has 2 aromatic carbocycles. The lowest BCUT2D eigenvalue weighted by atomic mass is 10.0. The van der Waals surface area contributed by atoms with Gasteiger partial charge in [-0.3, -0.25) is 4.72 Å². The molecule has 0 aliphatic heterocycles. The van der Waals surface area contributed by atoms with E-state index in [1.54, 1.807) is 0 Å². The highest BCUT2D eigenvalue weighted by atomic mass is 32.2. The van der Waals surface area contributed by atoms with Crippen LogP contribution in [0.2, 0.25) is 0 Å². The summed E-state index contributed by atoms with van der Waals surface area (Å²) in [5, 5.41) is -0.827. The number of nitrogens with zero attached hydrogens (tertiary/aromatic N) is 2. The van der Waals surface area contributed by atoms with Gasteiger partial charge in [-0.05, 0) is 29.8 Å². The van der Waals surface area contributed by atoms with Gasteiger partial charge in [0, 0.05) is 28.6 Å². The topological polar surface area (TPSA) is 81.2 Å². The number of fused-ring (bicyclic) bond motifs is 1. The quantitative estimate of drug-likeness (QED) is 0.355. The Kier molecular flexibility index (Phi) is 6.05. The summed E-state index contributed by atoms with van der Waals surface area (Å²) in [7, 11) is -3.40. The van der Waals surface area contributed by atoms with E-state index in [2.05, 4.69) is 14.7 Å². The molecule has 4 aromatic rings. The Bertz CT molecular complexity index is 1560. The number of methoxy groups -OCH3 is 1. The van der Waals surface area contributed by atoms with Gasteiger partial charge in [0.1, 0.15) is 28.0 Å². The van der Waals surface area contributed by atoms with Crippen LogP contribution < -0.4 is 9.46 Å². The Morgan fingerprint density at radius 1 is 0.857 bits per heavy atom. The van der Waals surface area contributed by atoms with Crippen LogP contribution >= 0.6 is 0 Å². The van der Waals surface area contributed by atoms with Crippen LogP contribution in [0.15, 0.2) is 59.8 Å². The van der Waals surface area contributed by atoms with Crippen molar-refractivity contribution in [3.63, 3.8) is 0 Å². The summed E-state index contributed by atoms with van der Waals surface area (Å²) in [5.41, 5.74) is -1.33. The van der Waals surface area contributed by atoms with Crippen molar-refractivity contribution < 1.29 is 39.5 Å². The monoisotopic (exact) mass is 513 g/mol. The predicted molar refractivity (Wildman–Crippen MR) is 114 cm³/mol. The third kappa shape index (κ3) is 4.71. The zero-order valence-corrected chi connectivity index (χ0v) is 18.3. The number of rotatable bonds is 5. The summed E-state index contributed by atoms with van der Waals surface area (Å²) >= 11 is 0. The van der Waals surface area contributed by atoms with Gasteiger partial charge >= 0.3 is 6.18 Å². The fourth-order valence-electron chi connectivity index (χ4n) is 3.35. The molecule has 35 heavy (non-hydrogen) atoms. The van der Waals surface area contributed by atoms with Crippen LogP contribution in [0.5, 0.6) is 5.88 Å². The molecule has 1 N–H and O–H groups in total. The number of pyridine rings is 2. The summed E-state index contributed by atoms with van der Waals surface area (Å²) in [6, 6.07) is 6.53. The van der Waals surface area contributed by atoms with E-state index in [4.69, 9.17) is 4.74 Å². The number of hydrogen-bond acceptors (Lipinski definition) is 5. The van der Waals surface area contributed by atoms with E-state index in [1.165, 1.54) is 25.4 Å². The molecule has 0 atom stereocenters. The minimum Gasteiger partial charge on any atom is -0.480 e. The molecule has 0 unspecified atom stereocenters. The molecule has 0 bridgehead atoms. The molecule has 6 nitrogen and oxygen atoms in total. The van der Waals surface area contributed by atoms with Crippen molar-refractivity contribution in [2.45, 2.75) is 11.1 Å². The molecule has 2 aromatic heterocycles. The Labute approximate surface area is 194 Å². The zero-order chi connectivity index (χ0) is 25.5. The lowest BCUT2D eigenvalue weighted by Gasteiger charge is -2.14. The number of ether oxygens (including phenoxy) is 1. The fraction of sp³-hybridized carbons (Fsp3) is 0.0909. The molecule has 0 saturated carbocycles. The van der Waals surface area contributed by atoms with E-state index in [9.17, 15) is 34.8 Å². The first-order valence-corrected chi connectivity index (χ1v) is 11.1. The van der Waals surface area contributed by atoms with Gasteiger partial charge < -0.3 is 4.74 Å². The van der Waals surface area contributed by atoms with Gasteiger partial charge in [0.2, 0.25) is 5.88 Å². The van der Waals surface area contributed by atoms with Crippen LogP contribution in [0.25, 0.3) is 21.9 Å². The van der Waals surface area contributed by atoms with Crippen molar-refractivity contribution in [2.75, 3.05) is 11.8 Å². The number of hydrogen-bond donors (Lipinski definition) is 1. The largest absolute Gasteiger partial charge is 0.480 e. The van der Waals surface area contributed by atoms with Crippen molar-refractivity contribution in [2.24, 2.45) is 0 Å². The second-order valence-corrected chi connectivity index (χ2v) is 8.82. The first-order valence-electron chi connectivity index (χ1n) is 9.58. The van der Waals surface area contributed by atoms with Gasteiger partial charge in [0.15, 0.2) is 5.69 Å². The van der Waals surface area contributed by atoms with Gasteiger partial charge in [0.25, 0.3) is 10.0 Å². The molecule has 0 fully saturated rings. The Hall–Kier alpha value is -3.87. The van der Waals surface area contributed by atoms with Crippen LogP contribution in [-0.4, -0.2) is 25.5 Å². The summed E-state index contributed by atoms with van der Waals surface area (Å²) in [5.74, 6) is -3.51. The van der Waals surface area contributed by atoms with Gasteiger partial charge in [0.05, 0.1) is 13.3 Å². The maximum Gasteiger partial charge on any atom is 0.433 e. The number of halogens is 6. The number of benzene rings is 2. The average Bonchev–Trinajstić information content (AvgIpc) is 2.77. The first kappa shape index (κ1) is 24.3. The van der Waals surface area contributed by atoms with Crippen LogP contribution in [-0.2, 0) is 16.2 Å². The van der Waals surface area contributed by atoms with Crippen molar-refractivity contribution in [1.82, 2.24) is 9.97 Å². The van der Waals surface area contributed by atoms with Crippen molar-refractivity contribution in [1.29, 1.82) is 0 Å². The molecular formula is C22H13F6N3O3S. The van der Waals surface area contributed by atoms with Crippen LogP contribution in [0.1, 0.15) is 5.69 Å². The maximum atomic E-state index is 14.1. The fourth-order valence-corrected chi connectivity index (χ4v) is 4.46. The van der Waals surface area contributed by atoms with Crippen LogP contribution in [0.4, 0.5) is 32.0 Å². The normalized spacial score (nSPS) is 12.1. The SMILES string of the molecule is COc1ncc(-c2ccc3c(F)cnc(C(F)(F)F)c3c2)cc1NS(=O)(=O)c1ccc(F)cc1F. The number of alkyl halides is 3. The van der Waals surface area contributed by atoms with Gasteiger partial charge in [-0.1, -0.05) is 12.1 Å². The molecule has 0 spiro atoms. The van der Waals surface area contributed by atoms with Crippen molar-refractivity contribution in [3.8, 4) is 17.0 Å². The van der Waals surface area contributed by atoms with E-state index < -0.39 is 49.6 Å². The molecule has 0 radical (unpaired) electrons. The Balaban J connectivity index is 1.82. The lowest BCUT2D eigenvalue weighted by molar-refractivity contribution is -0.139. The third-order valence-corrected chi connectivity index (χ3v) is 6.31. The zero-order valence-electron chi connectivity index (χ0n) is 17.5. The highest BCUT2D eigenvalue weighted by molar-refractivity contribution is 7.92. The number of aromatic nitrogens is 2. The Morgan fingerprint density at radius 2 is 1.60 bits per heavy atom. The van der Waals surface area contributed by atoms with E-state index in [1.807, 2.05) is 0 Å². The standard InChI is InChI=1S/C22H13F6N3O3S/c1-34-21-18(31-35(32,33)19-5-3-13(23)8-16(19)24)7-12(9-30-21)11-2-4-14-15(6-11)20(22(26,27)28)29-10-17(14)25/h2-10,31H,1H3. The average molecular weight is 513 g/mol. The number of nitrogens with one attached hydrogen (secondary N) is 1. The molecule has 2 heterocycles. The summed E-state index contributed by atoms with van der Waals surface area (Å²) in [6.07, 6.45) is -3.19. The molecule has 4 rings (SSSR count). The summed E-state index contributed by atoms with van der Waals surface area (Å²) in [4.78, 5) is 6.25. The molecule has 182 valence electrons. The summed E-state index contributed by atoms with van der Waals surface area (Å²) in [6.45, 7) is 0. The Morgan fingerprint density at radius 3 is 2.26 bits per heavy atom. The molecule has 0 saturated heterocycles. The number of sulfonamides is 1. The van der Waals surface area contributed by atoms with Gasteiger partial charge in [-0.25, -0.2) is 31.6 Å². The molecule has 0 aliphatic rings. The van der Waals surface area contributed by atoms with Crippen LogP contribution in [0, 0.1) is 17.5 Å². The smallest absolute Gasteiger partial charge is 0.433 e. The van der Waals surface area contributed by atoms with Gasteiger partial charge in [-0.2, -0.15) is 13.2 Å². The lowest BCUT2D eigenvalue weighted by Crippen LogP contribution is -2.15. The highest BCUT2D eigenvalue weighted by Gasteiger charge is 2.35. The maximum absolute atomic E-state index is 14.1. The second-order valence-electron chi connectivity index (χ2n) is 7.17. The molecule has 13 heteroatoms. The number of anilines is 1. The van der Waals surface area contributed by atoms with E-state index in [0.29, 0.717) is 12.3 Å². The summed E-state index contributed by atoms with van der Waals surface area (Å²) < 4.78 is 114. The molecule has 0 amide bonds. The minimum atomic E-state index is -4.86. The van der Waals surface area contributed by atoms with E-state index in [-0.39, 0.29) is 28.1 Å². The van der Waals surface area contributed by atoms with Crippen molar-refractivity contribution >= 4 is 26.5 Å². The van der Waals surface area contributed by atoms with E-state index >= 15 is 0 Å². The van der Waals surface area contributed by atoms with E-state index in [0.717, 1.165) is 24.3 Å². The molecular weight excluding hydrogens is 500 g/mol. The predicted octanol–water partition coefficient (Wildman–Crippen LogP) is 5.54.